The third kappa shape index (κ3) is 50.7. The minimum Gasteiger partial charge on any atom is -0.462 e. The zero-order valence-corrected chi connectivity index (χ0v) is 41.7. The van der Waals surface area contributed by atoms with Crippen molar-refractivity contribution in [3.05, 3.63) is 122 Å². The second-order valence-corrected chi connectivity index (χ2v) is 16.7. The number of allylic oxidation sites excluding steroid dienone is 20. The first-order valence-corrected chi connectivity index (χ1v) is 26.0. The van der Waals surface area contributed by atoms with Crippen molar-refractivity contribution >= 4 is 17.9 Å². The lowest BCUT2D eigenvalue weighted by atomic mass is 10.1. The van der Waals surface area contributed by atoms with Crippen LogP contribution in [0.25, 0.3) is 0 Å². The van der Waals surface area contributed by atoms with Crippen molar-refractivity contribution < 1.29 is 28.6 Å². The molecule has 0 heterocycles. The molecular weight excluding hydrogens is 805 g/mol. The Morgan fingerprint density at radius 3 is 1.00 bits per heavy atom. The number of esters is 3. The van der Waals surface area contributed by atoms with Crippen LogP contribution in [0.5, 0.6) is 0 Å². The van der Waals surface area contributed by atoms with Gasteiger partial charge in [0.1, 0.15) is 13.2 Å². The van der Waals surface area contributed by atoms with Gasteiger partial charge >= 0.3 is 17.9 Å². The summed E-state index contributed by atoms with van der Waals surface area (Å²) in [4.78, 5) is 38.0. The van der Waals surface area contributed by atoms with Gasteiger partial charge in [-0.2, -0.15) is 0 Å². The van der Waals surface area contributed by atoms with Crippen LogP contribution in [0.4, 0.5) is 0 Å². The third-order valence-electron chi connectivity index (χ3n) is 10.4. The molecule has 0 aromatic heterocycles. The summed E-state index contributed by atoms with van der Waals surface area (Å²) in [6, 6.07) is 0. The lowest BCUT2D eigenvalue weighted by Gasteiger charge is -2.18. The van der Waals surface area contributed by atoms with Crippen LogP contribution >= 0.6 is 0 Å². The van der Waals surface area contributed by atoms with E-state index in [-0.39, 0.29) is 44.0 Å². The van der Waals surface area contributed by atoms with Crippen molar-refractivity contribution in [3.8, 4) is 0 Å². The van der Waals surface area contributed by atoms with Gasteiger partial charge in [-0.25, -0.2) is 0 Å². The standard InChI is InChI=1S/C59H94O6/c1-4-7-10-13-16-19-22-25-28-29-32-34-37-40-43-46-49-52-58(61)64-55-56(65-59(62)53-50-47-44-41-38-35-31-27-24-21-18-15-12-9-6-3)54-63-57(60)51-48-45-42-39-36-33-30-26-23-20-17-14-11-8-5-2/h7,9-10,12,16-21,25-28,30-32,34,40,43,56H,4-6,8,11,13-15,22-24,29,33,35-39,41-42,44-55H2,1-3H3/b10-7-,12-9-,19-16-,20-17-,21-18-,28-25-,30-26-,31-27-,34-32-,43-40-. The zero-order valence-electron chi connectivity index (χ0n) is 41.7. The van der Waals surface area contributed by atoms with Gasteiger partial charge in [-0.05, 0) is 122 Å². The highest BCUT2D eigenvalue weighted by molar-refractivity contribution is 5.71. The molecule has 0 radical (unpaired) electrons. The normalized spacial score (nSPS) is 13.1. The molecule has 0 saturated carbocycles. The molecule has 0 amide bonds. The Hall–Kier alpha value is -4.19. The average Bonchev–Trinajstić information content (AvgIpc) is 3.30. The SMILES string of the molecule is CC/C=C\C/C=C\C/C=C\C/C=C\C/C=C\CCCC(=O)OCC(COC(=O)CCCCCCC/C=C\C/C=C\CCCCC)OC(=O)CCCCCCC/C=C\C/C=C\C/C=C\CC. The van der Waals surface area contributed by atoms with E-state index in [1.165, 1.54) is 25.7 Å². The fourth-order valence-electron chi connectivity index (χ4n) is 6.58. The van der Waals surface area contributed by atoms with Gasteiger partial charge in [-0.1, -0.05) is 194 Å². The van der Waals surface area contributed by atoms with Crippen molar-refractivity contribution in [1.82, 2.24) is 0 Å². The van der Waals surface area contributed by atoms with Crippen LogP contribution in [0.3, 0.4) is 0 Å². The molecule has 0 aliphatic heterocycles. The van der Waals surface area contributed by atoms with Crippen molar-refractivity contribution in [2.45, 2.75) is 219 Å². The summed E-state index contributed by atoms with van der Waals surface area (Å²) in [5.74, 6) is -1.01. The van der Waals surface area contributed by atoms with Crippen LogP contribution in [0.2, 0.25) is 0 Å². The van der Waals surface area contributed by atoms with E-state index in [4.69, 9.17) is 14.2 Å². The summed E-state index contributed by atoms with van der Waals surface area (Å²) < 4.78 is 16.7. The lowest BCUT2D eigenvalue weighted by molar-refractivity contribution is -0.167. The zero-order chi connectivity index (χ0) is 47.2. The molecule has 6 nitrogen and oxygen atoms in total. The highest BCUT2D eigenvalue weighted by Crippen LogP contribution is 2.12. The highest BCUT2D eigenvalue weighted by Gasteiger charge is 2.19. The Balaban J connectivity index is 4.55. The van der Waals surface area contributed by atoms with E-state index in [0.717, 1.165) is 141 Å². The van der Waals surface area contributed by atoms with Gasteiger partial charge in [0.25, 0.3) is 0 Å². The summed E-state index contributed by atoms with van der Waals surface area (Å²) in [5, 5.41) is 0. The topological polar surface area (TPSA) is 78.9 Å². The molecule has 0 aliphatic carbocycles. The Bertz CT molecular complexity index is 1400. The van der Waals surface area contributed by atoms with Gasteiger partial charge in [0, 0.05) is 19.3 Å². The average molecular weight is 899 g/mol. The minimum atomic E-state index is -0.819. The first-order chi connectivity index (χ1) is 32.0. The van der Waals surface area contributed by atoms with Crippen LogP contribution < -0.4 is 0 Å². The van der Waals surface area contributed by atoms with E-state index in [0.29, 0.717) is 12.8 Å². The number of carbonyl (C=O) groups is 3. The summed E-state index contributed by atoms with van der Waals surface area (Å²) >= 11 is 0. The molecule has 1 unspecified atom stereocenters. The number of carbonyl (C=O) groups excluding carboxylic acids is 3. The van der Waals surface area contributed by atoms with Gasteiger partial charge in [0.2, 0.25) is 0 Å². The number of hydrogen-bond donors (Lipinski definition) is 0. The molecule has 0 fully saturated rings. The quantitative estimate of drug-likeness (QED) is 0.0262. The number of unbranched alkanes of at least 4 members (excludes halogenated alkanes) is 14. The molecule has 0 aliphatic rings. The smallest absolute Gasteiger partial charge is 0.306 e. The van der Waals surface area contributed by atoms with Gasteiger partial charge in [-0.3, -0.25) is 14.4 Å². The Kier molecular flexibility index (Phi) is 49.1. The maximum atomic E-state index is 12.8. The van der Waals surface area contributed by atoms with Crippen molar-refractivity contribution in [3.63, 3.8) is 0 Å². The van der Waals surface area contributed by atoms with E-state index in [9.17, 15) is 14.4 Å². The van der Waals surface area contributed by atoms with Crippen LogP contribution in [0.15, 0.2) is 122 Å². The predicted molar refractivity (Wildman–Crippen MR) is 279 cm³/mol. The first kappa shape index (κ1) is 60.8. The van der Waals surface area contributed by atoms with E-state index < -0.39 is 6.10 Å². The number of rotatable bonds is 45. The van der Waals surface area contributed by atoms with E-state index in [1.807, 2.05) is 0 Å². The largest absolute Gasteiger partial charge is 0.462 e. The van der Waals surface area contributed by atoms with Crippen LogP contribution in [-0.2, 0) is 28.6 Å². The first-order valence-electron chi connectivity index (χ1n) is 26.0. The van der Waals surface area contributed by atoms with Gasteiger partial charge < -0.3 is 14.2 Å². The fourth-order valence-corrected chi connectivity index (χ4v) is 6.58. The maximum absolute atomic E-state index is 12.8. The molecule has 6 heteroatoms. The molecule has 0 rings (SSSR count). The van der Waals surface area contributed by atoms with Gasteiger partial charge in [-0.15, -0.1) is 0 Å². The third-order valence-corrected chi connectivity index (χ3v) is 10.4. The van der Waals surface area contributed by atoms with Gasteiger partial charge in [0.15, 0.2) is 6.10 Å². The predicted octanol–water partition coefficient (Wildman–Crippen LogP) is 17.3. The Morgan fingerprint density at radius 2 is 0.615 bits per heavy atom. The fraction of sp³-hybridized carbons (Fsp3) is 0.610. The summed E-state index contributed by atoms with van der Waals surface area (Å²) in [6.45, 7) is 6.29. The molecule has 0 aromatic carbocycles. The Morgan fingerprint density at radius 1 is 0.323 bits per heavy atom. The van der Waals surface area contributed by atoms with Crippen LogP contribution in [0, 0.1) is 0 Å². The van der Waals surface area contributed by atoms with Crippen molar-refractivity contribution in [1.29, 1.82) is 0 Å². The van der Waals surface area contributed by atoms with Crippen LogP contribution in [0.1, 0.15) is 213 Å². The number of ether oxygens (including phenoxy) is 3. The monoisotopic (exact) mass is 899 g/mol. The second-order valence-electron chi connectivity index (χ2n) is 16.7. The van der Waals surface area contributed by atoms with Crippen LogP contribution in [-0.4, -0.2) is 37.2 Å². The van der Waals surface area contributed by atoms with Gasteiger partial charge in [0.05, 0.1) is 0 Å². The van der Waals surface area contributed by atoms with E-state index >= 15 is 0 Å². The second kappa shape index (κ2) is 52.4. The summed E-state index contributed by atoms with van der Waals surface area (Å²) in [7, 11) is 0. The summed E-state index contributed by atoms with van der Waals surface area (Å²) in [5.41, 5.74) is 0. The molecule has 0 N–H and O–H groups in total. The van der Waals surface area contributed by atoms with Crippen molar-refractivity contribution in [2.75, 3.05) is 13.2 Å². The Labute approximate surface area is 399 Å². The summed E-state index contributed by atoms with van der Waals surface area (Å²) in [6.07, 6.45) is 71.8. The molecule has 0 saturated heterocycles. The minimum absolute atomic E-state index is 0.114. The molecule has 366 valence electrons. The van der Waals surface area contributed by atoms with E-state index in [2.05, 4.69) is 142 Å². The number of hydrogen-bond acceptors (Lipinski definition) is 6. The molecular formula is C59H94O6. The van der Waals surface area contributed by atoms with Crippen molar-refractivity contribution in [2.24, 2.45) is 0 Å². The highest BCUT2D eigenvalue weighted by atomic mass is 16.6. The van der Waals surface area contributed by atoms with E-state index in [1.54, 1.807) is 0 Å². The molecule has 0 aromatic rings. The molecule has 0 bridgehead atoms. The molecule has 1 atom stereocenters. The molecule has 65 heavy (non-hydrogen) atoms. The maximum Gasteiger partial charge on any atom is 0.306 e. The lowest BCUT2D eigenvalue weighted by Crippen LogP contribution is -2.30. The molecule has 0 spiro atoms.